The lowest BCUT2D eigenvalue weighted by Crippen LogP contribution is -2.57. The van der Waals surface area contributed by atoms with Gasteiger partial charge in [-0.25, -0.2) is 16.8 Å². The second-order valence-electron chi connectivity index (χ2n) is 6.90. The Morgan fingerprint density at radius 1 is 1.04 bits per heavy atom. The highest BCUT2D eigenvalue weighted by molar-refractivity contribution is 7.92. The Labute approximate surface area is 139 Å². The number of sulfone groups is 1. The molecule has 0 spiro atoms. The fourth-order valence-corrected chi connectivity index (χ4v) is 7.27. The van der Waals surface area contributed by atoms with Crippen LogP contribution in [0.25, 0.3) is 0 Å². The zero-order valence-electron chi connectivity index (χ0n) is 14.3. The topological polar surface area (TPSA) is 71.5 Å². The summed E-state index contributed by atoms with van der Waals surface area (Å²) in [7, 11) is -6.86. The summed E-state index contributed by atoms with van der Waals surface area (Å²) in [5.41, 5.74) is 2.42. The summed E-state index contributed by atoms with van der Waals surface area (Å²) in [5.74, 6) is 0.154. The van der Waals surface area contributed by atoms with Gasteiger partial charge in [0.15, 0.2) is 9.84 Å². The van der Waals surface area contributed by atoms with Crippen LogP contribution in [0.2, 0.25) is 0 Å². The van der Waals surface area contributed by atoms with Gasteiger partial charge in [-0.15, -0.1) is 0 Å². The Balaban J connectivity index is 2.23. The van der Waals surface area contributed by atoms with Gasteiger partial charge in [-0.05, 0) is 37.8 Å². The van der Waals surface area contributed by atoms with Crippen molar-refractivity contribution in [2.45, 2.75) is 44.8 Å². The molecule has 0 aromatic heterocycles. The van der Waals surface area contributed by atoms with E-state index in [1.807, 2.05) is 32.9 Å². The molecule has 2 rings (SSSR count). The van der Waals surface area contributed by atoms with Crippen molar-refractivity contribution in [3.05, 3.63) is 28.8 Å². The molecule has 5 nitrogen and oxygen atoms in total. The molecule has 1 fully saturated rings. The Morgan fingerprint density at radius 2 is 1.52 bits per heavy atom. The minimum atomic E-state index is -3.63. The molecule has 1 saturated heterocycles. The summed E-state index contributed by atoms with van der Waals surface area (Å²) in [6.07, 6.45) is 0. The van der Waals surface area contributed by atoms with E-state index in [-0.39, 0.29) is 24.8 Å². The van der Waals surface area contributed by atoms with E-state index in [9.17, 15) is 16.8 Å². The normalized spacial score (nSPS) is 17.5. The number of aryl methyl sites for hydroxylation is 3. The first kappa shape index (κ1) is 18.4. The van der Waals surface area contributed by atoms with E-state index in [0.29, 0.717) is 16.0 Å². The van der Waals surface area contributed by atoms with Gasteiger partial charge in [0.05, 0.1) is 15.9 Å². The van der Waals surface area contributed by atoms with Crippen molar-refractivity contribution in [1.29, 1.82) is 0 Å². The van der Waals surface area contributed by atoms with Gasteiger partial charge in [-0.1, -0.05) is 31.5 Å². The molecule has 1 aromatic rings. The summed E-state index contributed by atoms with van der Waals surface area (Å²) in [6.45, 7) is 9.30. The minimum absolute atomic E-state index is 0.0484. The van der Waals surface area contributed by atoms with Crippen molar-refractivity contribution in [2.75, 3.05) is 18.8 Å². The number of benzene rings is 1. The van der Waals surface area contributed by atoms with E-state index < -0.39 is 25.1 Å². The molecule has 7 heteroatoms. The summed E-state index contributed by atoms with van der Waals surface area (Å²) in [4.78, 5) is 0.308. The number of rotatable bonds is 5. The third-order valence-corrected chi connectivity index (χ3v) is 8.67. The number of hydrogen-bond acceptors (Lipinski definition) is 4. The van der Waals surface area contributed by atoms with E-state index in [2.05, 4.69) is 0 Å². The lowest BCUT2D eigenvalue weighted by Gasteiger charge is -2.38. The van der Waals surface area contributed by atoms with Gasteiger partial charge < -0.3 is 0 Å². The van der Waals surface area contributed by atoms with Crippen LogP contribution in [0.3, 0.4) is 0 Å². The van der Waals surface area contributed by atoms with Crippen LogP contribution in [0.5, 0.6) is 0 Å². The van der Waals surface area contributed by atoms with Crippen molar-refractivity contribution in [1.82, 2.24) is 4.31 Å². The summed E-state index contributed by atoms with van der Waals surface area (Å²) >= 11 is 0. The van der Waals surface area contributed by atoms with Crippen LogP contribution in [0.15, 0.2) is 17.0 Å². The number of nitrogens with zero attached hydrogens (tertiary/aromatic N) is 1. The van der Waals surface area contributed by atoms with Gasteiger partial charge in [0, 0.05) is 13.1 Å². The maximum atomic E-state index is 12.8. The first-order valence-corrected chi connectivity index (χ1v) is 10.9. The van der Waals surface area contributed by atoms with Crippen LogP contribution in [-0.2, 0) is 19.9 Å². The molecule has 0 saturated carbocycles. The van der Waals surface area contributed by atoms with Crippen molar-refractivity contribution in [3.8, 4) is 0 Å². The lowest BCUT2D eigenvalue weighted by atomic mass is 10.1. The standard InChI is InChI=1S/C16H25NO4S2/c1-11(2)10-22(18,19)15-8-17(9-15)23(20,21)16-13(4)6-12(3)7-14(16)5/h6-7,11,15H,8-10H2,1-5H3. The molecule has 0 N–H and O–H groups in total. The first-order chi connectivity index (χ1) is 10.4. The zero-order chi connectivity index (χ0) is 17.6. The average Bonchev–Trinajstić information content (AvgIpc) is 2.20. The van der Waals surface area contributed by atoms with Crippen molar-refractivity contribution in [3.63, 3.8) is 0 Å². The number of sulfonamides is 1. The third-order valence-electron chi connectivity index (χ3n) is 4.09. The SMILES string of the molecule is Cc1cc(C)c(S(=O)(=O)N2CC(S(=O)(=O)CC(C)C)C2)c(C)c1. The molecule has 0 bridgehead atoms. The number of hydrogen-bond donors (Lipinski definition) is 0. The molecule has 0 amide bonds. The molecular formula is C16H25NO4S2. The van der Waals surface area contributed by atoms with Crippen LogP contribution in [0.4, 0.5) is 0 Å². The van der Waals surface area contributed by atoms with Crippen LogP contribution < -0.4 is 0 Å². The second kappa shape index (κ2) is 6.18. The third kappa shape index (κ3) is 3.61. The predicted octanol–water partition coefficient (Wildman–Crippen LogP) is 2.06. The van der Waals surface area contributed by atoms with Crippen LogP contribution in [-0.4, -0.2) is 45.2 Å². The van der Waals surface area contributed by atoms with Crippen molar-refractivity contribution in [2.24, 2.45) is 5.92 Å². The van der Waals surface area contributed by atoms with Gasteiger partial charge in [-0.2, -0.15) is 4.31 Å². The molecule has 1 aliphatic heterocycles. The molecule has 130 valence electrons. The van der Waals surface area contributed by atoms with Crippen molar-refractivity contribution >= 4 is 19.9 Å². The monoisotopic (exact) mass is 359 g/mol. The maximum Gasteiger partial charge on any atom is 0.243 e. The Hall–Kier alpha value is -0.920. The zero-order valence-corrected chi connectivity index (χ0v) is 16.0. The summed E-state index contributed by atoms with van der Waals surface area (Å²) < 4.78 is 51.2. The highest BCUT2D eigenvalue weighted by Gasteiger charge is 2.44. The Kier molecular flexibility index (Phi) is 4.95. The average molecular weight is 360 g/mol. The fraction of sp³-hybridized carbons (Fsp3) is 0.625. The van der Waals surface area contributed by atoms with E-state index in [1.165, 1.54) is 4.31 Å². The highest BCUT2D eigenvalue weighted by atomic mass is 32.2. The van der Waals surface area contributed by atoms with E-state index in [0.717, 1.165) is 5.56 Å². The largest absolute Gasteiger partial charge is 0.243 e. The first-order valence-electron chi connectivity index (χ1n) is 7.74. The molecule has 1 aliphatic rings. The quantitative estimate of drug-likeness (QED) is 0.807. The summed E-state index contributed by atoms with van der Waals surface area (Å²) in [5, 5.41) is -0.578. The lowest BCUT2D eigenvalue weighted by molar-refractivity contribution is 0.309. The van der Waals surface area contributed by atoms with E-state index in [4.69, 9.17) is 0 Å². The molecular weight excluding hydrogens is 334 g/mol. The molecule has 1 aromatic carbocycles. The fourth-order valence-electron chi connectivity index (χ4n) is 3.13. The van der Waals surface area contributed by atoms with Gasteiger partial charge in [0.2, 0.25) is 10.0 Å². The van der Waals surface area contributed by atoms with Gasteiger partial charge in [0.25, 0.3) is 0 Å². The molecule has 1 heterocycles. The molecule has 0 atom stereocenters. The molecule has 0 unspecified atom stereocenters. The van der Waals surface area contributed by atoms with Crippen molar-refractivity contribution < 1.29 is 16.8 Å². The highest BCUT2D eigenvalue weighted by Crippen LogP contribution is 2.30. The second-order valence-corrected chi connectivity index (χ2v) is 11.1. The van der Waals surface area contributed by atoms with Crippen LogP contribution >= 0.6 is 0 Å². The Morgan fingerprint density at radius 3 is 1.96 bits per heavy atom. The van der Waals surface area contributed by atoms with E-state index >= 15 is 0 Å². The summed E-state index contributed by atoms with van der Waals surface area (Å²) in [6, 6.07) is 3.68. The molecule has 23 heavy (non-hydrogen) atoms. The van der Waals surface area contributed by atoms with Gasteiger partial charge >= 0.3 is 0 Å². The smallest absolute Gasteiger partial charge is 0.228 e. The van der Waals surface area contributed by atoms with E-state index in [1.54, 1.807) is 13.8 Å². The molecule has 0 aliphatic carbocycles. The molecule has 0 radical (unpaired) electrons. The maximum absolute atomic E-state index is 12.8. The van der Waals surface area contributed by atoms with Gasteiger partial charge in [-0.3, -0.25) is 0 Å². The predicted molar refractivity (Wildman–Crippen MR) is 91.8 cm³/mol. The van der Waals surface area contributed by atoms with Gasteiger partial charge in [0.1, 0.15) is 0 Å². The minimum Gasteiger partial charge on any atom is -0.228 e. The van der Waals surface area contributed by atoms with Crippen LogP contribution in [0.1, 0.15) is 30.5 Å². The Bertz CT molecular complexity index is 781. The van der Waals surface area contributed by atoms with Crippen LogP contribution in [0, 0.1) is 26.7 Å².